The van der Waals surface area contributed by atoms with Gasteiger partial charge in [-0.05, 0) is 35.4 Å². The molecule has 3 amide bonds. The maximum Gasteiger partial charge on any atom is 0.325 e. The summed E-state index contributed by atoms with van der Waals surface area (Å²) in [5.74, 6) is -0.835. The van der Waals surface area contributed by atoms with Gasteiger partial charge in [0.1, 0.15) is 16.9 Å². The lowest BCUT2D eigenvalue weighted by Gasteiger charge is -2.13. The van der Waals surface area contributed by atoms with Gasteiger partial charge in [-0.3, -0.25) is 9.69 Å². The summed E-state index contributed by atoms with van der Waals surface area (Å²) in [5, 5.41) is 3.96. The van der Waals surface area contributed by atoms with Crippen LogP contribution >= 0.6 is 23.2 Å². The third-order valence-corrected chi connectivity index (χ3v) is 5.20. The van der Waals surface area contributed by atoms with Crippen molar-refractivity contribution in [2.75, 3.05) is 0 Å². The first kappa shape index (κ1) is 20.2. The van der Waals surface area contributed by atoms with Gasteiger partial charge in [0.2, 0.25) is 0 Å². The van der Waals surface area contributed by atoms with E-state index in [1.807, 2.05) is 0 Å². The highest BCUT2D eigenvalue weighted by Gasteiger charge is 2.38. The summed E-state index contributed by atoms with van der Waals surface area (Å²) >= 11 is 11.9. The molecule has 0 saturated carbocycles. The van der Waals surface area contributed by atoms with Crippen LogP contribution in [0.15, 0.2) is 42.6 Å². The predicted octanol–water partition coefficient (Wildman–Crippen LogP) is 4.91. The topological polar surface area (TPSA) is 65.2 Å². The Balaban J connectivity index is 0.00000225. The maximum absolute atomic E-state index is 13.6. The largest absolute Gasteiger partial charge is 0.360 e. The van der Waals surface area contributed by atoms with Crippen molar-refractivity contribution in [1.29, 1.82) is 0 Å². The Morgan fingerprint density at radius 3 is 2.68 bits per heavy atom. The molecule has 28 heavy (non-hydrogen) atoms. The Bertz CT molecular complexity index is 1070. The molecule has 0 aliphatic carbocycles. The third kappa shape index (κ3) is 3.57. The number of nitrogens with one attached hydrogen (secondary N) is 2. The molecule has 0 unspecified atom stereocenters. The van der Waals surface area contributed by atoms with Gasteiger partial charge in [-0.1, -0.05) is 42.8 Å². The second-order valence-electron chi connectivity index (χ2n) is 6.36. The van der Waals surface area contributed by atoms with Crippen molar-refractivity contribution in [3.05, 3.63) is 69.6 Å². The highest BCUT2D eigenvalue weighted by Crippen LogP contribution is 2.29. The number of carbonyl (C=O) groups is 2. The number of hydrogen-bond donors (Lipinski definition) is 2. The molecule has 4 rings (SSSR count). The van der Waals surface area contributed by atoms with Crippen LogP contribution in [0.25, 0.3) is 10.9 Å². The van der Waals surface area contributed by atoms with E-state index in [4.69, 9.17) is 23.2 Å². The van der Waals surface area contributed by atoms with Gasteiger partial charge < -0.3 is 10.3 Å². The molecule has 1 aromatic heterocycles. The number of benzene rings is 2. The number of aromatic nitrogens is 1. The number of urea groups is 1. The first-order valence-corrected chi connectivity index (χ1v) is 9.00. The van der Waals surface area contributed by atoms with Gasteiger partial charge in [0, 0.05) is 23.0 Å². The lowest BCUT2D eigenvalue weighted by atomic mass is 10.0. The van der Waals surface area contributed by atoms with Crippen molar-refractivity contribution < 1.29 is 14.0 Å². The van der Waals surface area contributed by atoms with Gasteiger partial charge in [-0.2, -0.15) is 0 Å². The minimum absolute atomic E-state index is 0. The molecule has 1 fully saturated rings. The van der Waals surface area contributed by atoms with E-state index in [1.165, 1.54) is 6.07 Å². The van der Waals surface area contributed by atoms with Crippen molar-refractivity contribution in [3.63, 3.8) is 0 Å². The van der Waals surface area contributed by atoms with Gasteiger partial charge in [0.25, 0.3) is 5.91 Å². The Labute approximate surface area is 171 Å². The molecule has 0 bridgehead atoms. The Kier molecular flexibility index (Phi) is 5.63. The molecule has 8 heteroatoms. The molecule has 1 aliphatic heterocycles. The summed E-state index contributed by atoms with van der Waals surface area (Å²) in [6, 6.07) is 8.75. The maximum atomic E-state index is 13.6. The van der Waals surface area contributed by atoms with E-state index in [1.54, 1.807) is 36.5 Å². The van der Waals surface area contributed by atoms with Crippen LogP contribution in [0.2, 0.25) is 10.0 Å². The van der Waals surface area contributed by atoms with Crippen molar-refractivity contribution in [2.24, 2.45) is 0 Å². The highest BCUT2D eigenvalue weighted by atomic mass is 35.5. The molecule has 1 aliphatic rings. The van der Waals surface area contributed by atoms with Gasteiger partial charge in [-0.25, -0.2) is 9.18 Å². The normalized spacial score (nSPS) is 16.4. The number of hydrogen-bond acceptors (Lipinski definition) is 2. The number of H-pyrrole nitrogens is 1. The van der Waals surface area contributed by atoms with Crippen molar-refractivity contribution >= 4 is 46.0 Å². The summed E-state index contributed by atoms with van der Waals surface area (Å²) in [6.45, 7) is 0.145. The minimum atomic E-state index is -0.695. The fourth-order valence-corrected chi connectivity index (χ4v) is 3.70. The fourth-order valence-electron chi connectivity index (χ4n) is 3.27. The summed E-state index contributed by atoms with van der Waals surface area (Å²) in [6.07, 6.45) is 1.95. The number of nitrogens with zero attached hydrogens (tertiary/aromatic N) is 1. The Hall–Kier alpha value is -2.57. The Morgan fingerprint density at radius 2 is 1.93 bits per heavy atom. The number of rotatable bonds is 4. The predicted molar refractivity (Wildman–Crippen MR) is 108 cm³/mol. The summed E-state index contributed by atoms with van der Waals surface area (Å²) in [7, 11) is 0. The standard InChI is InChI=1S/C19H14Cl2FN3O2.CH4/c20-12-3-1-2-10(6-12)9-25-18(26)15(24-19(25)27)7-11-8-23-17-13(11)4-5-14(22)16(17)21;/h1-6,8,15,23H,7,9H2,(H,24,27);1H4/t15-;/m1./s1. The van der Waals surface area contributed by atoms with Crippen LogP contribution < -0.4 is 5.32 Å². The summed E-state index contributed by atoms with van der Waals surface area (Å²) in [4.78, 5) is 29.1. The van der Waals surface area contributed by atoms with Crippen molar-refractivity contribution in [1.82, 2.24) is 15.2 Å². The SMILES string of the molecule is C.O=C1N[C@H](Cc2c[nH]c3c(Cl)c(F)ccc23)C(=O)N1Cc1cccc(Cl)c1. The fraction of sp³-hybridized carbons (Fsp3) is 0.200. The number of imide groups is 1. The molecule has 5 nitrogen and oxygen atoms in total. The van der Waals surface area contributed by atoms with Crippen LogP contribution in [-0.2, 0) is 17.8 Å². The average molecular weight is 422 g/mol. The molecule has 0 radical (unpaired) electrons. The molecule has 1 atom stereocenters. The smallest absolute Gasteiger partial charge is 0.325 e. The second kappa shape index (κ2) is 7.81. The quantitative estimate of drug-likeness (QED) is 0.587. The zero-order valence-corrected chi connectivity index (χ0v) is 15.4. The molecular weight excluding hydrogens is 404 g/mol. The van der Waals surface area contributed by atoms with Crippen LogP contribution in [0.1, 0.15) is 18.6 Å². The van der Waals surface area contributed by atoms with Gasteiger partial charge in [-0.15, -0.1) is 0 Å². The van der Waals surface area contributed by atoms with E-state index < -0.39 is 17.9 Å². The number of fused-ring (bicyclic) bond motifs is 1. The minimum Gasteiger partial charge on any atom is -0.360 e. The number of amides is 3. The molecule has 3 aromatic rings. The van der Waals surface area contributed by atoms with E-state index >= 15 is 0 Å². The van der Waals surface area contributed by atoms with Crippen LogP contribution in [-0.4, -0.2) is 27.9 Å². The lowest BCUT2D eigenvalue weighted by Crippen LogP contribution is -2.32. The molecule has 2 N–H and O–H groups in total. The third-order valence-electron chi connectivity index (χ3n) is 4.59. The first-order valence-electron chi connectivity index (χ1n) is 8.24. The van der Waals surface area contributed by atoms with E-state index in [0.717, 1.165) is 21.4 Å². The first-order chi connectivity index (χ1) is 12.9. The van der Waals surface area contributed by atoms with Crippen molar-refractivity contribution in [3.8, 4) is 0 Å². The van der Waals surface area contributed by atoms with Crippen LogP contribution in [0.4, 0.5) is 9.18 Å². The molecule has 2 aromatic carbocycles. The second-order valence-corrected chi connectivity index (χ2v) is 7.17. The zero-order chi connectivity index (χ0) is 19.1. The van der Waals surface area contributed by atoms with Gasteiger partial charge >= 0.3 is 6.03 Å². The van der Waals surface area contributed by atoms with E-state index in [9.17, 15) is 14.0 Å². The lowest BCUT2D eigenvalue weighted by molar-refractivity contribution is -0.127. The van der Waals surface area contributed by atoms with E-state index in [2.05, 4.69) is 10.3 Å². The number of aromatic amines is 1. The zero-order valence-electron chi connectivity index (χ0n) is 13.9. The summed E-state index contributed by atoms with van der Waals surface area (Å²) in [5.41, 5.74) is 2.01. The highest BCUT2D eigenvalue weighted by molar-refractivity contribution is 6.35. The molecular formula is C20H18Cl2FN3O2. The molecule has 146 valence electrons. The van der Waals surface area contributed by atoms with Crippen molar-refractivity contribution in [2.45, 2.75) is 26.4 Å². The van der Waals surface area contributed by atoms with Crippen LogP contribution in [0.3, 0.4) is 0 Å². The van der Waals surface area contributed by atoms with Gasteiger partial charge in [0.05, 0.1) is 12.1 Å². The molecule has 2 heterocycles. The van der Waals surface area contributed by atoms with E-state index in [-0.39, 0.29) is 31.3 Å². The van der Waals surface area contributed by atoms with Crippen LogP contribution in [0.5, 0.6) is 0 Å². The monoisotopic (exact) mass is 421 g/mol. The Morgan fingerprint density at radius 1 is 1.14 bits per heavy atom. The summed E-state index contributed by atoms with van der Waals surface area (Å²) < 4.78 is 13.6. The average Bonchev–Trinajstić information content (AvgIpc) is 3.15. The van der Waals surface area contributed by atoms with Gasteiger partial charge in [0.15, 0.2) is 0 Å². The molecule has 0 spiro atoms. The number of carbonyl (C=O) groups excluding carboxylic acids is 2. The van der Waals surface area contributed by atoms with E-state index in [0.29, 0.717) is 10.5 Å². The number of halogens is 3. The molecule has 1 saturated heterocycles. The van der Waals surface area contributed by atoms with Crippen LogP contribution in [0, 0.1) is 5.82 Å².